The van der Waals surface area contributed by atoms with Crippen LogP contribution in [0.4, 0.5) is 4.79 Å². The minimum Gasteiger partial charge on any atom is -0.444 e. The van der Waals surface area contributed by atoms with E-state index >= 15 is 0 Å². The lowest BCUT2D eigenvalue weighted by Gasteiger charge is -2.44. The lowest BCUT2D eigenvalue weighted by Crippen LogP contribution is -2.62. The molecular weight excluding hydrogens is 320 g/mol. The van der Waals surface area contributed by atoms with Gasteiger partial charge in [-0.05, 0) is 33.6 Å². The van der Waals surface area contributed by atoms with E-state index < -0.39 is 33.6 Å². The largest absolute Gasteiger partial charge is 0.444 e. The number of sulfone groups is 1. The van der Waals surface area contributed by atoms with Crippen LogP contribution in [0.5, 0.6) is 0 Å². The summed E-state index contributed by atoms with van der Waals surface area (Å²) in [5.41, 5.74) is -0.634. The molecule has 2 amide bonds. The summed E-state index contributed by atoms with van der Waals surface area (Å²) in [6.45, 7) is 6.04. The van der Waals surface area contributed by atoms with Crippen LogP contribution in [0, 0.1) is 5.92 Å². The van der Waals surface area contributed by atoms with E-state index in [0.29, 0.717) is 13.1 Å². The molecule has 3 aliphatic rings. The van der Waals surface area contributed by atoms with Crippen LogP contribution in [0.1, 0.15) is 33.6 Å². The van der Waals surface area contributed by atoms with E-state index in [9.17, 15) is 18.0 Å². The molecule has 0 aromatic rings. The van der Waals surface area contributed by atoms with Crippen molar-refractivity contribution in [1.82, 2.24) is 9.80 Å². The highest BCUT2D eigenvalue weighted by atomic mass is 32.2. The highest BCUT2D eigenvalue weighted by molar-refractivity contribution is 7.91. The number of fused-ring (bicyclic) bond motifs is 1. The van der Waals surface area contributed by atoms with Crippen molar-refractivity contribution in [2.75, 3.05) is 24.6 Å². The number of amides is 2. The van der Waals surface area contributed by atoms with E-state index in [1.54, 1.807) is 25.7 Å². The van der Waals surface area contributed by atoms with Gasteiger partial charge in [0, 0.05) is 19.0 Å². The number of piperazine rings is 1. The number of carbonyl (C=O) groups is 2. The molecule has 0 unspecified atom stereocenters. The van der Waals surface area contributed by atoms with E-state index in [2.05, 4.69) is 0 Å². The molecule has 2 saturated heterocycles. The summed E-state index contributed by atoms with van der Waals surface area (Å²) in [6, 6.07) is -0.930. The van der Waals surface area contributed by atoms with Gasteiger partial charge in [-0.15, -0.1) is 0 Å². The van der Waals surface area contributed by atoms with Crippen LogP contribution in [-0.4, -0.2) is 72.5 Å². The van der Waals surface area contributed by atoms with Crippen molar-refractivity contribution in [2.45, 2.75) is 51.3 Å². The Bertz CT molecular complexity index is 620. The SMILES string of the molecule is CC(C)(C)OC(=O)N1CCN(C(=O)C2CC2)[C@@H]2CS(=O)(=O)C[C@H]21. The number of ether oxygens (including phenoxy) is 1. The molecule has 2 aliphatic heterocycles. The highest BCUT2D eigenvalue weighted by Crippen LogP contribution is 2.35. The van der Waals surface area contributed by atoms with Gasteiger partial charge in [0.2, 0.25) is 5.91 Å². The van der Waals surface area contributed by atoms with Gasteiger partial charge in [0.15, 0.2) is 9.84 Å². The van der Waals surface area contributed by atoms with Gasteiger partial charge in [0.25, 0.3) is 0 Å². The monoisotopic (exact) mass is 344 g/mol. The molecule has 0 N–H and O–H groups in total. The van der Waals surface area contributed by atoms with Gasteiger partial charge in [-0.1, -0.05) is 0 Å². The van der Waals surface area contributed by atoms with E-state index in [4.69, 9.17) is 4.74 Å². The normalized spacial score (nSPS) is 30.0. The number of nitrogens with zero attached hydrogens (tertiary/aromatic N) is 2. The first-order valence-corrected chi connectivity index (χ1v) is 9.90. The molecular formula is C15H24N2O5S. The zero-order valence-electron chi connectivity index (χ0n) is 13.8. The molecule has 3 fully saturated rings. The smallest absolute Gasteiger partial charge is 0.410 e. The minimum atomic E-state index is -3.25. The second-order valence-electron chi connectivity index (χ2n) is 7.69. The van der Waals surface area contributed by atoms with Crippen LogP contribution in [0.25, 0.3) is 0 Å². The van der Waals surface area contributed by atoms with E-state index in [-0.39, 0.29) is 23.3 Å². The number of hydrogen-bond donors (Lipinski definition) is 0. The Balaban J connectivity index is 1.81. The summed E-state index contributed by atoms with van der Waals surface area (Å²) in [4.78, 5) is 28.0. The third-order valence-electron chi connectivity index (χ3n) is 4.51. The van der Waals surface area contributed by atoms with Crippen molar-refractivity contribution in [2.24, 2.45) is 5.92 Å². The fourth-order valence-electron chi connectivity index (χ4n) is 3.34. The average molecular weight is 344 g/mol. The van der Waals surface area contributed by atoms with Gasteiger partial charge >= 0.3 is 6.09 Å². The Hall–Kier alpha value is -1.31. The van der Waals surface area contributed by atoms with Gasteiger partial charge in [0.1, 0.15) is 5.60 Å². The molecule has 0 spiro atoms. The average Bonchev–Trinajstić information content (AvgIpc) is 3.17. The van der Waals surface area contributed by atoms with Crippen LogP contribution >= 0.6 is 0 Å². The molecule has 1 aliphatic carbocycles. The zero-order chi connectivity index (χ0) is 17.0. The summed E-state index contributed by atoms with van der Waals surface area (Å²) in [6.07, 6.45) is 1.27. The van der Waals surface area contributed by atoms with Crippen molar-refractivity contribution in [3.63, 3.8) is 0 Å². The fourth-order valence-corrected chi connectivity index (χ4v) is 5.32. The Morgan fingerprint density at radius 1 is 1.00 bits per heavy atom. The van der Waals surface area contributed by atoms with Crippen molar-refractivity contribution in [3.05, 3.63) is 0 Å². The van der Waals surface area contributed by atoms with Crippen LogP contribution in [0.3, 0.4) is 0 Å². The van der Waals surface area contributed by atoms with Crippen LogP contribution in [-0.2, 0) is 19.4 Å². The first-order chi connectivity index (χ1) is 10.6. The Morgan fingerprint density at radius 3 is 2.04 bits per heavy atom. The molecule has 7 nitrogen and oxygen atoms in total. The third kappa shape index (κ3) is 3.46. The molecule has 0 aromatic heterocycles. The molecule has 23 heavy (non-hydrogen) atoms. The summed E-state index contributed by atoms with van der Waals surface area (Å²) in [7, 11) is -3.25. The summed E-state index contributed by atoms with van der Waals surface area (Å²) in [5.74, 6) is -0.0613. The molecule has 2 heterocycles. The maximum atomic E-state index is 12.4. The van der Waals surface area contributed by atoms with Gasteiger partial charge < -0.3 is 14.5 Å². The van der Waals surface area contributed by atoms with Crippen molar-refractivity contribution >= 4 is 21.8 Å². The maximum absolute atomic E-state index is 12.4. The van der Waals surface area contributed by atoms with E-state index in [0.717, 1.165) is 12.8 Å². The van der Waals surface area contributed by atoms with Crippen LogP contribution in [0.15, 0.2) is 0 Å². The lowest BCUT2D eigenvalue weighted by molar-refractivity contribution is -0.138. The van der Waals surface area contributed by atoms with Gasteiger partial charge in [-0.2, -0.15) is 0 Å². The third-order valence-corrected chi connectivity index (χ3v) is 6.21. The molecule has 8 heteroatoms. The van der Waals surface area contributed by atoms with Crippen molar-refractivity contribution in [3.8, 4) is 0 Å². The summed E-state index contributed by atoms with van der Waals surface area (Å²) < 4.78 is 29.6. The molecule has 0 aromatic carbocycles. The number of hydrogen-bond acceptors (Lipinski definition) is 5. The first kappa shape index (κ1) is 16.5. The molecule has 130 valence electrons. The zero-order valence-corrected chi connectivity index (χ0v) is 14.6. The van der Waals surface area contributed by atoms with Crippen molar-refractivity contribution < 1.29 is 22.7 Å². The predicted octanol–water partition coefficient (Wildman–Crippen LogP) is 0.641. The molecule has 0 bridgehead atoms. The Labute approximate surface area is 136 Å². The standard InChI is InChI=1S/C15H24N2O5S/c1-15(2,3)22-14(19)17-7-6-16(13(18)10-4-5-10)11-8-23(20,21)9-12(11)17/h10-12H,4-9H2,1-3H3/t11-,12-/m1/s1. The molecule has 3 rings (SSSR count). The van der Waals surface area contributed by atoms with Crippen LogP contribution < -0.4 is 0 Å². The van der Waals surface area contributed by atoms with E-state index in [1.807, 2.05) is 0 Å². The minimum absolute atomic E-state index is 0.0425. The molecule has 0 radical (unpaired) electrons. The molecule has 2 atom stereocenters. The fraction of sp³-hybridized carbons (Fsp3) is 0.867. The quantitative estimate of drug-likeness (QED) is 0.697. The van der Waals surface area contributed by atoms with E-state index in [1.165, 1.54) is 4.90 Å². The summed E-state index contributed by atoms with van der Waals surface area (Å²) in [5, 5.41) is 0. The number of carbonyl (C=O) groups excluding carboxylic acids is 2. The highest BCUT2D eigenvalue weighted by Gasteiger charge is 2.51. The Morgan fingerprint density at radius 2 is 1.52 bits per heavy atom. The molecule has 1 saturated carbocycles. The first-order valence-electron chi connectivity index (χ1n) is 8.08. The van der Waals surface area contributed by atoms with Gasteiger partial charge in [-0.25, -0.2) is 13.2 Å². The summed E-state index contributed by atoms with van der Waals surface area (Å²) >= 11 is 0. The van der Waals surface area contributed by atoms with Crippen molar-refractivity contribution in [1.29, 1.82) is 0 Å². The van der Waals surface area contributed by atoms with Gasteiger partial charge in [-0.3, -0.25) is 4.79 Å². The van der Waals surface area contributed by atoms with Crippen LogP contribution in [0.2, 0.25) is 0 Å². The number of rotatable bonds is 1. The predicted molar refractivity (Wildman–Crippen MR) is 83.6 cm³/mol. The Kier molecular flexibility index (Phi) is 3.85. The maximum Gasteiger partial charge on any atom is 0.410 e. The topological polar surface area (TPSA) is 84.0 Å². The second-order valence-corrected chi connectivity index (χ2v) is 9.85. The van der Waals surface area contributed by atoms with Gasteiger partial charge in [0.05, 0.1) is 23.6 Å². The lowest BCUT2D eigenvalue weighted by atomic mass is 10.0. The second kappa shape index (κ2) is 5.36.